The number of hydrogen-bond acceptors (Lipinski definition) is 7. The van der Waals surface area contributed by atoms with Gasteiger partial charge in [0.05, 0.1) is 44.4 Å². The molecule has 30 heavy (non-hydrogen) atoms. The first kappa shape index (κ1) is 20.4. The normalized spacial score (nSPS) is 17.0. The molecule has 0 saturated carbocycles. The van der Waals surface area contributed by atoms with E-state index < -0.39 is 0 Å². The number of carbonyl (C=O) groups excluding carboxylic acids is 1. The Morgan fingerprint density at radius 3 is 2.47 bits per heavy atom. The van der Waals surface area contributed by atoms with E-state index >= 15 is 0 Å². The van der Waals surface area contributed by atoms with Gasteiger partial charge in [0.1, 0.15) is 5.56 Å². The lowest BCUT2D eigenvalue weighted by molar-refractivity contribution is 0.102. The summed E-state index contributed by atoms with van der Waals surface area (Å²) in [5, 5.41) is 3.07. The highest BCUT2D eigenvalue weighted by Gasteiger charge is 2.21. The number of rotatable bonds is 6. The van der Waals surface area contributed by atoms with Crippen molar-refractivity contribution in [3.63, 3.8) is 0 Å². The number of morpholine rings is 2. The molecule has 160 valence electrons. The maximum Gasteiger partial charge on any atom is 0.261 e. The van der Waals surface area contributed by atoms with E-state index in [2.05, 4.69) is 32.2 Å². The Morgan fingerprint density at radius 2 is 1.77 bits per heavy atom. The Hall–Kier alpha value is -2.84. The summed E-state index contributed by atoms with van der Waals surface area (Å²) in [4.78, 5) is 21.8. The van der Waals surface area contributed by atoms with Gasteiger partial charge in [-0.2, -0.15) is 0 Å². The van der Waals surface area contributed by atoms with Gasteiger partial charge in [0, 0.05) is 38.1 Å². The Labute approximate surface area is 176 Å². The number of carbonyl (C=O) groups is 1. The van der Waals surface area contributed by atoms with Crippen LogP contribution in [0.4, 0.5) is 17.1 Å². The van der Waals surface area contributed by atoms with Crippen molar-refractivity contribution in [3.05, 3.63) is 42.1 Å². The quantitative estimate of drug-likeness (QED) is 0.781. The molecule has 1 amide bonds. The molecule has 4 rings (SSSR count). The van der Waals surface area contributed by atoms with E-state index in [1.165, 1.54) is 0 Å². The van der Waals surface area contributed by atoms with Gasteiger partial charge in [0.25, 0.3) is 5.91 Å². The molecule has 0 radical (unpaired) electrons. The van der Waals surface area contributed by atoms with Crippen LogP contribution in [0.3, 0.4) is 0 Å². The second kappa shape index (κ2) is 9.77. The molecule has 0 atom stereocenters. The van der Waals surface area contributed by atoms with Crippen LogP contribution >= 0.6 is 0 Å². The van der Waals surface area contributed by atoms with Gasteiger partial charge in [-0.25, -0.2) is 4.98 Å². The monoisotopic (exact) mass is 412 g/mol. The van der Waals surface area contributed by atoms with Crippen LogP contribution in [-0.4, -0.2) is 70.1 Å². The van der Waals surface area contributed by atoms with E-state index in [0.717, 1.165) is 56.5 Å². The van der Waals surface area contributed by atoms with Crippen molar-refractivity contribution in [2.45, 2.75) is 6.92 Å². The molecule has 0 bridgehead atoms. The van der Waals surface area contributed by atoms with Crippen molar-refractivity contribution in [2.24, 2.45) is 0 Å². The summed E-state index contributed by atoms with van der Waals surface area (Å²) in [6.07, 6.45) is 1.62. The van der Waals surface area contributed by atoms with Crippen molar-refractivity contribution in [1.29, 1.82) is 0 Å². The van der Waals surface area contributed by atoms with Crippen molar-refractivity contribution in [3.8, 4) is 5.88 Å². The number of benzene rings is 1. The topological polar surface area (TPSA) is 76.2 Å². The molecule has 1 aromatic heterocycles. The predicted octanol–water partition coefficient (Wildman–Crippen LogP) is 2.41. The molecule has 2 saturated heterocycles. The van der Waals surface area contributed by atoms with Gasteiger partial charge in [-0.3, -0.25) is 4.79 Å². The maximum atomic E-state index is 13.0. The van der Waals surface area contributed by atoms with Gasteiger partial charge < -0.3 is 29.3 Å². The molecule has 0 unspecified atom stereocenters. The summed E-state index contributed by atoms with van der Waals surface area (Å²) in [6.45, 7) is 8.42. The van der Waals surface area contributed by atoms with Crippen molar-refractivity contribution in [2.75, 3.05) is 74.3 Å². The average molecular weight is 412 g/mol. The third-order valence-corrected chi connectivity index (χ3v) is 5.25. The number of aromatic nitrogens is 1. The van der Waals surface area contributed by atoms with E-state index in [9.17, 15) is 4.79 Å². The zero-order valence-electron chi connectivity index (χ0n) is 17.3. The standard InChI is InChI=1S/C22H28N4O4/c1-2-30-22-18(4-3-7-23-22)21(27)24-19-6-5-17(25-8-12-28-13-9-25)16-20(19)26-10-14-29-15-11-26/h3-7,16H,2,8-15H2,1H3,(H,24,27). The Bertz CT molecular complexity index is 864. The predicted molar refractivity (Wildman–Crippen MR) is 116 cm³/mol. The van der Waals surface area contributed by atoms with E-state index in [1.54, 1.807) is 18.3 Å². The number of nitrogens with zero attached hydrogens (tertiary/aromatic N) is 3. The smallest absolute Gasteiger partial charge is 0.261 e. The van der Waals surface area contributed by atoms with Gasteiger partial charge in [-0.05, 0) is 37.3 Å². The molecule has 1 aromatic carbocycles. The van der Waals surface area contributed by atoms with E-state index in [-0.39, 0.29) is 5.91 Å². The molecule has 0 spiro atoms. The zero-order valence-corrected chi connectivity index (χ0v) is 17.3. The van der Waals surface area contributed by atoms with Gasteiger partial charge in [-0.1, -0.05) is 0 Å². The number of pyridine rings is 1. The number of amides is 1. The summed E-state index contributed by atoms with van der Waals surface area (Å²) in [5.41, 5.74) is 3.32. The van der Waals surface area contributed by atoms with Crippen LogP contribution in [0.15, 0.2) is 36.5 Å². The van der Waals surface area contributed by atoms with Crippen molar-refractivity contribution < 1.29 is 19.0 Å². The summed E-state index contributed by atoms with van der Waals surface area (Å²) >= 11 is 0. The van der Waals surface area contributed by atoms with Gasteiger partial charge in [0.2, 0.25) is 5.88 Å². The Kier molecular flexibility index (Phi) is 6.66. The SMILES string of the molecule is CCOc1ncccc1C(=O)Nc1ccc(N2CCOCC2)cc1N1CCOCC1. The van der Waals surface area contributed by atoms with Crippen LogP contribution in [0.2, 0.25) is 0 Å². The van der Waals surface area contributed by atoms with Crippen LogP contribution in [0.25, 0.3) is 0 Å². The van der Waals surface area contributed by atoms with Crippen LogP contribution in [0.5, 0.6) is 5.88 Å². The lowest BCUT2D eigenvalue weighted by atomic mass is 10.1. The van der Waals surface area contributed by atoms with Gasteiger partial charge in [0.15, 0.2) is 0 Å². The van der Waals surface area contributed by atoms with Crippen LogP contribution in [-0.2, 0) is 9.47 Å². The largest absolute Gasteiger partial charge is 0.477 e. The number of ether oxygens (including phenoxy) is 3. The summed E-state index contributed by atoms with van der Waals surface area (Å²) in [5.74, 6) is 0.107. The van der Waals surface area contributed by atoms with E-state index in [0.29, 0.717) is 31.3 Å². The molecule has 1 N–H and O–H groups in total. The highest BCUT2D eigenvalue weighted by molar-refractivity contribution is 6.07. The first-order valence-electron chi connectivity index (χ1n) is 10.4. The fraction of sp³-hybridized carbons (Fsp3) is 0.455. The minimum Gasteiger partial charge on any atom is -0.477 e. The first-order valence-corrected chi connectivity index (χ1v) is 10.4. The van der Waals surface area contributed by atoms with E-state index in [4.69, 9.17) is 14.2 Å². The minimum absolute atomic E-state index is 0.236. The molecule has 8 heteroatoms. The lowest BCUT2D eigenvalue weighted by Crippen LogP contribution is -2.38. The Morgan fingerprint density at radius 1 is 1.07 bits per heavy atom. The molecule has 0 aliphatic carbocycles. The number of nitrogens with one attached hydrogen (secondary N) is 1. The molecule has 2 aliphatic heterocycles. The third kappa shape index (κ3) is 4.66. The molecule has 2 aromatic rings. The van der Waals surface area contributed by atoms with Crippen LogP contribution in [0, 0.1) is 0 Å². The van der Waals surface area contributed by atoms with Gasteiger partial charge in [-0.15, -0.1) is 0 Å². The fourth-order valence-corrected chi connectivity index (χ4v) is 3.71. The molecule has 3 heterocycles. The Balaban J connectivity index is 1.62. The highest BCUT2D eigenvalue weighted by Crippen LogP contribution is 2.33. The minimum atomic E-state index is -0.236. The van der Waals surface area contributed by atoms with Crippen LogP contribution < -0.4 is 19.9 Å². The summed E-state index contributed by atoms with van der Waals surface area (Å²) < 4.78 is 16.5. The van der Waals surface area contributed by atoms with Gasteiger partial charge >= 0.3 is 0 Å². The maximum absolute atomic E-state index is 13.0. The van der Waals surface area contributed by atoms with Crippen LogP contribution in [0.1, 0.15) is 17.3 Å². The zero-order chi connectivity index (χ0) is 20.8. The highest BCUT2D eigenvalue weighted by atomic mass is 16.5. The second-order valence-corrected chi connectivity index (χ2v) is 7.14. The first-order chi connectivity index (χ1) is 14.8. The molecule has 2 aliphatic rings. The van der Waals surface area contributed by atoms with Crippen molar-refractivity contribution in [1.82, 2.24) is 4.98 Å². The second-order valence-electron chi connectivity index (χ2n) is 7.14. The molecular formula is C22H28N4O4. The number of hydrogen-bond donors (Lipinski definition) is 1. The average Bonchev–Trinajstić information content (AvgIpc) is 2.81. The fourth-order valence-electron chi connectivity index (χ4n) is 3.71. The molecule has 2 fully saturated rings. The lowest BCUT2D eigenvalue weighted by Gasteiger charge is -2.33. The summed E-state index contributed by atoms with van der Waals surface area (Å²) in [7, 11) is 0. The third-order valence-electron chi connectivity index (χ3n) is 5.25. The molecule has 8 nitrogen and oxygen atoms in total. The molecular weight excluding hydrogens is 384 g/mol. The number of anilines is 3. The van der Waals surface area contributed by atoms with E-state index in [1.807, 2.05) is 13.0 Å². The van der Waals surface area contributed by atoms with Crippen molar-refractivity contribution >= 4 is 23.0 Å². The summed E-state index contributed by atoms with van der Waals surface area (Å²) in [6, 6.07) is 9.65.